The molecule has 3 aromatic rings. The van der Waals surface area contributed by atoms with Gasteiger partial charge in [-0.2, -0.15) is 0 Å². The van der Waals surface area contributed by atoms with Crippen molar-refractivity contribution in [3.63, 3.8) is 0 Å². The minimum Gasteiger partial charge on any atom is -0.497 e. The molecule has 3 rings (SSSR count). The van der Waals surface area contributed by atoms with Crippen molar-refractivity contribution in [2.24, 2.45) is 0 Å². The Balaban J connectivity index is 1.78. The summed E-state index contributed by atoms with van der Waals surface area (Å²) in [4.78, 5) is 13.3. The molecule has 0 unspecified atom stereocenters. The van der Waals surface area contributed by atoms with Gasteiger partial charge >= 0.3 is 0 Å². The van der Waals surface area contributed by atoms with Gasteiger partial charge in [-0.05, 0) is 73.9 Å². The molecule has 0 aliphatic carbocycles. The summed E-state index contributed by atoms with van der Waals surface area (Å²) < 4.78 is 38.6. The zero-order valence-corrected chi connectivity index (χ0v) is 19.3. The highest BCUT2D eigenvalue weighted by Gasteiger charge is 2.31. The number of methoxy groups -OCH3 is 1. The first-order valence-corrected chi connectivity index (χ1v) is 11.7. The fourth-order valence-electron chi connectivity index (χ4n) is 3.24. The van der Waals surface area contributed by atoms with Gasteiger partial charge in [0.05, 0.1) is 24.3 Å². The van der Waals surface area contributed by atoms with Crippen LogP contribution in [-0.2, 0) is 14.8 Å². The molecule has 168 valence electrons. The summed E-state index contributed by atoms with van der Waals surface area (Å²) in [6.07, 6.45) is 0.395. The molecule has 0 saturated carbocycles. The van der Waals surface area contributed by atoms with E-state index in [1.54, 1.807) is 61.7 Å². The molecule has 0 fully saturated rings. The Hall–Kier alpha value is -3.32. The molecule has 3 aromatic carbocycles. The van der Waals surface area contributed by atoms with Gasteiger partial charge in [0, 0.05) is 6.42 Å². The minimum atomic E-state index is -4.06. The van der Waals surface area contributed by atoms with E-state index < -0.39 is 15.9 Å². The van der Waals surface area contributed by atoms with Crippen molar-refractivity contribution in [2.75, 3.05) is 18.0 Å². The van der Waals surface area contributed by atoms with Crippen molar-refractivity contribution in [3.05, 3.63) is 83.9 Å². The zero-order chi connectivity index (χ0) is 23.1. The molecule has 1 amide bonds. The van der Waals surface area contributed by atoms with Crippen LogP contribution in [0.4, 0.5) is 5.69 Å². The standard InChI is InChI=1S/C25H27NO5S/c1-19-9-7-12-24(20(19)2)26(32(28,29)23-10-5-4-6-11-23)25(27)13-8-18-31-22-16-14-21(30-3)15-17-22/h4-7,9-12,14-17H,8,13,18H2,1-3H3. The second-order valence-corrected chi connectivity index (χ2v) is 9.11. The van der Waals surface area contributed by atoms with Crippen LogP contribution in [-0.4, -0.2) is 28.0 Å². The summed E-state index contributed by atoms with van der Waals surface area (Å²) in [5.41, 5.74) is 2.02. The predicted molar refractivity (Wildman–Crippen MR) is 125 cm³/mol. The monoisotopic (exact) mass is 453 g/mol. The third-order valence-electron chi connectivity index (χ3n) is 5.17. The second-order valence-electron chi connectivity index (χ2n) is 7.32. The molecule has 0 aliphatic heterocycles. The van der Waals surface area contributed by atoms with Crippen molar-refractivity contribution < 1.29 is 22.7 Å². The van der Waals surface area contributed by atoms with Crippen LogP contribution in [0.5, 0.6) is 11.5 Å². The SMILES string of the molecule is COc1ccc(OCCCC(=O)N(c2cccc(C)c2C)S(=O)(=O)c2ccccc2)cc1. The van der Waals surface area contributed by atoms with Crippen LogP contribution in [0.15, 0.2) is 77.7 Å². The van der Waals surface area contributed by atoms with Gasteiger partial charge in [0.2, 0.25) is 5.91 Å². The third kappa shape index (κ3) is 5.29. The zero-order valence-electron chi connectivity index (χ0n) is 18.4. The normalized spacial score (nSPS) is 11.1. The largest absolute Gasteiger partial charge is 0.497 e. The van der Waals surface area contributed by atoms with E-state index in [4.69, 9.17) is 9.47 Å². The Labute approximate surface area is 189 Å². The molecule has 0 N–H and O–H groups in total. The van der Waals surface area contributed by atoms with Crippen LogP contribution < -0.4 is 13.8 Å². The van der Waals surface area contributed by atoms with E-state index in [1.165, 1.54) is 12.1 Å². The lowest BCUT2D eigenvalue weighted by atomic mass is 10.1. The van der Waals surface area contributed by atoms with Gasteiger partial charge in [-0.15, -0.1) is 0 Å². The first-order chi connectivity index (χ1) is 15.3. The number of carbonyl (C=O) groups is 1. The number of ether oxygens (including phenoxy) is 2. The maximum atomic E-state index is 13.4. The molecular formula is C25H27NO5S. The molecular weight excluding hydrogens is 426 g/mol. The van der Waals surface area contributed by atoms with E-state index >= 15 is 0 Å². The highest BCUT2D eigenvalue weighted by Crippen LogP contribution is 2.29. The quantitative estimate of drug-likeness (QED) is 0.431. The van der Waals surface area contributed by atoms with Gasteiger partial charge < -0.3 is 9.47 Å². The molecule has 0 saturated heterocycles. The lowest BCUT2D eigenvalue weighted by Crippen LogP contribution is -2.37. The number of anilines is 1. The smallest absolute Gasteiger partial charge is 0.270 e. The number of amides is 1. The van der Waals surface area contributed by atoms with Gasteiger partial charge in [0.1, 0.15) is 11.5 Å². The fourth-order valence-corrected chi connectivity index (χ4v) is 4.77. The maximum absolute atomic E-state index is 13.4. The number of rotatable bonds is 9. The van der Waals surface area contributed by atoms with Crippen molar-refractivity contribution in [3.8, 4) is 11.5 Å². The molecule has 7 heteroatoms. The summed E-state index contributed by atoms with van der Waals surface area (Å²) in [5.74, 6) is 0.880. The minimum absolute atomic E-state index is 0.0234. The van der Waals surface area contributed by atoms with Gasteiger partial charge in [0.15, 0.2) is 0 Å². The van der Waals surface area contributed by atoms with E-state index in [9.17, 15) is 13.2 Å². The predicted octanol–water partition coefficient (Wildman–Crippen LogP) is 4.89. The topological polar surface area (TPSA) is 72.9 Å². The van der Waals surface area contributed by atoms with E-state index in [1.807, 2.05) is 19.9 Å². The summed E-state index contributed by atoms with van der Waals surface area (Å²) in [6.45, 7) is 3.99. The summed E-state index contributed by atoms with van der Waals surface area (Å²) in [6, 6.07) is 20.4. The van der Waals surface area contributed by atoms with E-state index in [0.717, 1.165) is 21.2 Å². The fraction of sp³-hybridized carbons (Fsp3) is 0.240. The Morgan fingerprint density at radius 1 is 0.875 bits per heavy atom. The van der Waals surface area contributed by atoms with Crippen molar-refractivity contribution in [1.29, 1.82) is 0 Å². The molecule has 0 heterocycles. The Kier molecular flexibility index (Phi) is 7.53. The van der Waals surface area contributed by atoms with Crippen LogP contribution in [0.3, 0.4) is 0 Å². The van der Waals surface area contributed by atoms with Gasteiger partial charge in [0.25, 0.3) is 10.0 Å². The van der Waals surface area contributed by atoms with Crippen LogP contribution in [0.1, 0.15) is 24.0 Å². The Morgan fingerprint density at radius 2 is 1.53 bits per heavy atom. The number of sulfonamides is 1. The molecule has 0 spiro atoms. The van der Waals surface area contributed by atoms with E-state index in [0.29, 0.717) is 17.9 Å². The molecule has 0 atom stereocenters. The number of hydrogen-bond acceptors (Lipinski definition) is 5. The lowest BCUT2D eigenvalue weighted by Gasteiger charge is -2.25. The maximum Gasteiger partial charge on any atom is 0.270 e. The first kappa shape index (κ1) is 23.3. The summed E-state index contributed by atoms with van der Waals surface area (Å²) in [5, 5.41) is 0. The molecule has 0 aromatic heterocycles. The highest BCUT2D eigenvalue weighted by atomic mass is 32.2. The third-order valence-corrected chi connectivity index (χ3v) is 6.91. The molecule has 0 bridgehead atoms. The average molecular weight is 454 g/mol. The number of nitrogens with zero attached hydrogens (tertiary/aromatic N) is 1. The Morgan fingerprint density at radius 3 is 2.19 bits per heavy atom. The van der Waals surface area contributed by atoms with Gasteiger partial charge in [-0.25, -0.2) is 12.7 Å². The lowest BCUT2D eigenvalue weighted by molar-refractivity contribution is -0.117. The molecule has 0 radical (unpaired) electrons. The average Bonchev–Trinajstić information content (AvgIpc) is 2.80. The Bertz CT molecular complexity index is 1160. The molecule has 6 nitrogen and oxygen atoms in total. The second kappa shape index (κ2) is 10.3. The van der Waals surface area contributed by atoms with Crippen LogP contribution in [0.25, 0.3) is 0 Å². The highest BCUT2D eigenvalue weighted by molar-refractivity contribution is 7.93. The van der Waals surface area contributed by atoms with Crippen LogP contribution >= 0.6 is 0 Å². The summed E-state index contributed by atoms with van der Waals surface area (Å²) >= 11 is 0. The van der Waals surface area contributed by atoms with E-state index in [2.05, 4.69) is 0 Å². The first-order valence-electron chi connectivity index (χ1n) is 10.3. The number of benzene rings is 3. The van der Waals surface area contributed by atoms with Crippen LogP contribution in [0, 0.1) is 13.8 Å². The molecule has 0 aliphatic rings. The number of carbonyl (C=O) groups excluding carboxylic acids is 1. The number of aryl methyl sites for hydroxylation is 1. The molecule has 32 heavy (non-hydrogen) atoms. The van der Waals surface area contributed by atoms with Crippen molar-refractivity contribution in [1.82, 2.24) is 0 Å². The van der Waals surface area contributed by atoms with Gasteiger partial charge in [-0.3, -0.25) is 4.79 Å². The number of hydrogen-bond donors (Lipinski definition) is 0. The van der Waals surface area contributed by atoms with Crippen LogP contribution in [0.2, 0.25) is 0 Å². The van der Waals surface area contributed by atoms with Gasteiger partial charge in [-0.1, -0.05) is 30.3 Å². The van der Waals surface area contributed by atoms with Crippen molar-refractivity contribution >= 4 is 21.6 Å². The summed E-state index contributed by atoms with van der Waals surface area (Å²) in [7, 11) is -2.47. The van der Waals surface area contributed by atoms with E-state index in [-0.39, 0.29) is 17.9 Å². The van der Waals surface area contributed by atoms with Crippen molar-refractivity contribution in [2.45, 2.75) is 31.6 Å².